The van der Waals surface area contributed by atoms with Crippen LogP contribution in [0.4, 0.5) is 23.3 Å². The fourth-order valence-corrected chi connectivity index (χ4v) is 1.62. The molecule has 0 saturated carbocycles. The third kappa shape index (κ3) is 3.48. The highest BCUT2D eigenvalue weighted by molar-refractivity contribution is 5.61. The molecule has 1 aromatic carbocycles. The molecule has 0 spiro atoms. The highest BCUT2D eigenvalue weighted by Gasteiger charge is 2.02. The van der Waals surface area contributed by atoms with E-state index >= 15 is 0 Å². The van der Waals surface area contributed by atoms with Gasteiger partial charge in [0.1, 0.15) is 17.4 Å². The SMILES string of the molecule is CCNc1cc(Nc2ccc(OC)cc2)nc(N)n1. The number of aromatic nitrogens is 2. The zero-order valence-electron chi connectivity index (χ0n) is 11.0. The molecule has 0 saturated heterocycles. The number of benzene rings is 1. The van der Waals surface area contributed by atoms with E-state index in [2.05, 4.69) is 20.6 Å². The van der Waals surface area contributed by atoms with E-state index in [-0.39, 0.29) is 5.95 Å². The number of nitrogens with zero attached hydrogens (tertiary/aromatic N) is 2. The average molecular weight is 259 g/mol. The van der Waals surface area contributed by atoms with Crippen molar-refractivity contribution in [2.75, 3.05) is 30.0 Å². The smallest absolute Gasteiger partial charge is 0.223 e. The van der Waals surface area contributed by atoms with Crippen molar-refractivity contribution in [2.45, 2.75) is 6.92 Å². The van der Waals surface area contributed by atoms with E-state index in [1.165, 1.54) is 0 Å². The zero-order chi connectivity index (χ0) is 13.7. The van der Waals surface area contributed by atoms with Crippen LogP contribution in [0.3, 0.4) is 0 Å². The minimum absolute atomic E-state index is 0.231. The zero-order valence-corrected chi connectivity index (χ0v) is 11.0. The molecule has 100 valence electrons. The summed E-state index contributed by atoms with van der Waals surface area (Å²) in [6.07, 6.45) is 0. The lowest BCUT2D eigenvalue weighted by atomic mass is 10.3. The van der Waals surface area contributed by atoms with Crippen LogP contribution >= 0.6 is 0 Å². The molecule has 0 fully saturated rings. The number of ether oxygens (including phenoxy) is 1. The Morgan fingerprint density at radius 1 is 1.16 bits per heavy atom. The minimum atomic E-state index is 0.231. The normalized spacial score (nSPS) is 10.0. The Bertz CT molecular complexity index is 541. The van der Waals surface area contributed by atoms with Gasteiger partial charge in [0, 0.05) is 18.3 Å². The van der Waals surface area contributed by atoms with Gasteiger partial charge in [-0.1, -0.05) is 0 Å². The summed E-state index contributed by atoms with van der Waals surface area (Å²) in [5, 5.41) is 6.27. The third-order valence-corrected chi connectivity index (χ3v) is 2.46. The molecule has 2 rings (SSSR count). The standard InChI is InChI=1S/C13H17N5O/c1-3-15-11-8-12(18-13(14)17-11)16-9-4-6-10(19-2)7-5-9/h4-8H,3H2,1-2H3,(H4,14,15,16,17,18). The Labute approximate surface area is 112 Å². The maximum atomic E-state index is 5.67. The Balaban J connectivity index is 2.17. The Hall–Kier alpha value is -2.50. The number of rotatable bonds is 5. The maximum Gasteiger partial charge on any atom is 0.223 e. The lowest BCUT2D eigenvalue weighted by molar-refractivity contribution is 0.415. The van der Waals surface area contributed by atoms with Crippen molar-refractivity contribution in [3.05, 3.63) is 30.3 Å². The second-order valence-electron chi connectivity index (χ2n) is 3.88. The summed E-state index contributed by atoms with van der Waals surface area (Å²) in [5.74, 6) is 2.38. The Morgan fingerprint density at radius 2 is 1.84 bits per heavy atom. The molecule has 0 atom stereocenters. The van der Waals surface area contributed by atoms with Crippen molar-refractivity contribution in [2.24, 2.45) is 0 Å². The minimum Gasteiger partial charge on any atom is -0.497 e. The molecule has 0 bridgehead atoms. The van der Waals surface area contributed by atoms with Gasteiger partial charge in [0.25, 0.3) is 0 Å². The van der Waals surface area contributed by atoms with E-state index in [9.17, 15) is 0 Å². The first kappa shape index (κ1) is 12.9. The topological polar surface area (TPSA) is 85.1 Å². The summed E-state index contributed by atoms with van der Waals surface area (Å²) in [5.41, 5.74) is 6.57. The highest BCUT2D eigenvalue weighted by atomic mass is 16.5. The summed E-state index contributed by atoms with van der Waals surface area (Å²) in [6, 6.07) is 9.37. The largest absolute Gasteiger partial charge is 0.497 e. The van der Waals surface area contributed by atoms with Gasteiger partial charge in [0.2, 0.25) is 5.95 Å². The molecule has 6 nitrogen and oxygen atoms in total. The van der Waals surface area contributed by atoms with E-state index in [0.29, 0.717) is 11.6 Å². The molecular weight excluding hydrogens is 242 g/mol. The van der Waals surface area contributed by atoms with Gasteiger partial charge in [-0.3, -0.25) is 0 Å². The molecule has 0 aliphatic rings. The predicted octanol–water partition coefficient (Wildman–Crippen LogP) is 2.24. The van der Waals surface area contributed by atoms with Crippen LogP contribution in [-0.2, 0) is 0 Å². The van der Waals surface area contributed by atoms with Gasteiger partial charge in [-0.25, -0.2) is 0 Å². The van der Waals surface area contributed by atoms with Gasteiger partial charge >= 0.3 is 0 Å². The first-order valence-electron chi connectivity index (χ1n) is 6.00. The van der Waals surface area contributed by atoms with E-state index in [4.69, 9.17) is 10.5 Å². The van der Waals surface area contributed by atoms with Crippen molar-refractivity contribution in [1.29, 1.82) is 0 Å². The van der Waals surface area contributed by atoms with Crippen LogP contribution in [0.15, 0.2) is 30.3 Å². The summed E-state index contributed by atoms with van der Waals surface area (Å²) in [7, 11) is 1.64. The van der Waals surface area contributed by atoms with Gasteiger partial charge in [-0.2, -0.15) is 9.97 Å². The van der Waals surface area contributed by atoms with Crippen LogP contribution in [0.5, 0.6) is 5.75 Å². The second-order valence-corrected chi connectivity index (χ2v) is 3.88. The first-order chi connectivity index (χ1) is 9.21. The quantitative estimate of drug-likeness (QED) is 0.763. The van der Waals surface area contributed by atoms with E-state index in [1.807, 2.05) is 37.3 Å². The number of anilines is 4. The number of hydrogen-bond donors (Lipinski definition) is 3. The molecule has 0 amide bonds. The molecule has 2 aromatic rings. The number of nitrogen functional groups attached to an aromatic ring is 1. The van der Waals surface area contributed by atoms with Crippen LogP contribution in [0.1, 0.15) is 6.92 Å². The van der Waals surface area contributed by atoms with Crippen LogP contribution in [0, 0.1) is 0 Å². The van der Waals surface area contributed by atoms with Gasteiger partial charge < -0.3 is 21.1 Å². The van der Waals surface area contributed by atoms with Crippen molar-refractivity contribution in [1.82, 2.24) is 9.97 Å². The summed E-state index contributed by atoms with van der Waals surface area (Å²) >= 11 is 0. The van der Waals surface area contributed by atoms with E-state index in [0.717, 1.165) is 18.0 Å². The molecule has 1 heterocycles. The molecule has 0 unspecified atom stereocenters. The molecule has 6 heteroatoms. The maximum absolute atomic E-state index is 5.67. The number of methoxy groups -OCH3 is 1. The van der Waals surface area contributed by atoms with Crippen molar-refractivity contribution < 1.29 is 4.74 Å². The lowest BCUT2D eigenvalue weighted by Crippen LogP contribution is -2.05. The van der Waals surface area contributed by atoms with Crippen molar-refractivity contribution >= 4 is 23.3 Å². The first-order valence-corrected chi connectivity index (χ1v) is 6.00. The van der Waals surface area contributed by atoms with Gasteiger partial charge in [-0.15, -0.1) is 0 Å². The van der Waals surface area contributed by atoms with Gasteiger partial charge in [0.15, 0.2) is 0 Å². The number of nitrogens with one attached hydrogen (secondary N) is 2. The highest BCUT2D eigenvalue weighted by Crippen LogP contribution is 2.20. The average Bonchev–Trinajstić information content (AvgIpc) is 2.39. The molecular formula is C13H17N5O. The molecule has 0 aliphatic carbocycles. The fraction of sp³-hybridized carbons (Fsp3) is 0.231. The molecule has 0 radical (unpaired) electrons. The Kier molecular flexibility index (Phi) is 4.02. The van der Waals surface area contributed by atoms with Gasteiger partial charge in [0.05, 0.1) is 7.11 Å². The predicted molar refractivity (Wildman–Crippen MR) is 76.9 cm³/mol. The molecule has 1 aromatic heterocycles. The lowest BCUT2D eigenvalue weighted by Gasteiger charge is -2.09. The Morgan fingerprint density at radius 3 is 2.47 bits per heavy atom. The number of nitrogens with two attached hydrogens (primary N) is 1. The van der Waals surface area contributed by atoms with Gasteiger partial charge in [-0.05, 0) is 31.2 Å². The third-order valence-electron chi connectivity index (χ3n) is 2.46. The van der Waals surface area contributed by atoms with Crippen LogP contribution in [-0.4, -0.2) is 23.6 Å². The van der Waals surface area contributed by atoms with Crippen LogP contribution < -0.4 is 21.1 Å². The van der Waals surface area contributed by atoms with Crippen molar-refractivity contribution in [3.8, 4) is 5.75 Å². The number of hydrogen-bond acceptors (Lipinski definition) is 6. The molecule has 0 aliphatic heterocycles. The summed E-state index contributed by atoms with van der Waals surface area (Å²) in [4.78, 5) is 8.23. The summed E-state index contributed by atoms with van der Waals surface area (Å²) < 4.78 is 5.11. The summed E-state index contributed by atoms with van der Waals surface area (Å²) in [6.45, 7) is 2.77. The monoisotopic (exact) mass is 259 g/mol. The second kappa shape index (κ2) is 5.90. The fourth-order valence-electron chi connectivity index (χ4n) is 1.62. The van der Waals surface area contributed by atoms with E-state index < -0.39 is 0 Å². The molecule has 19 heavy (non-hydrogen) atoms. The van der Waals surface area contributed by atoms with Crippen molar-refractivity contribution in [3.63, 3.8) is 0 Å². The van der Waals surface area contributed by atoms with Crippen LogP contribution in [0.25, 0.3) is 0 Å². The van der Waals surface area contributed by atoms with Crippen LogP contribution in [0.2, 0.25) is 0 Å². The van der Waals surface area contributed by atoms with E-state index in [1.54, 1.807) is 7.11 Å². The molecule has 4 N–H and O–H groups in total.